The molecule has 0 atom stereocenters. The summed E-state index contributed by atoms with van der Waals surface area (Å²) in [7, 11) is 0. The van der Waals surface area contributed by atoms with Gasteiger partial charge in [0, 0.05) is 5.39 Å². The molecule has 0 aliphatic heterocycles. The van der Waals surface area contributed by atoms with Crippen molar-refractivity contribution in [3.8, 4) is 11.5 Å². The largest absolute Gasteiger partial charge is 0.493 e. The molecule has 41 heavy (non-hydrogen) atoms. The minimum absolute atomic E-state index is 0.209. The van der Waals surface area contributed by atoms with Gasteiger partial charge in [0.25, 0.3) is 0 Å². The summed E-state index contributed by atoms with van der Waals surface area (Å²) >= 11 is 0. The summed E-state index contributed by atoms with van der Waals surface area (Å²) in [6.45, 7) is 2.67. The first-order valence-corrected chi connectivity index (χ1v) is 13.9. The van der Waals surface area contributed by atoms with Crippen molar-refractivity contribution < 1.29 is 27.8 Å². The van der Waals surface area contributed by atoms with Gasteiger partial charge in [0.1, 0.15) is 28.7 Å². The van der Waals surface area contributed by atoms with Gasteiger partial charge in [0.15, 0.2) is 0 Å². The Balaban J connectivity index is 1.46. The van der Waals surface area contributed by atoms with Crippen molar-refractivity contribution in [2.24, 2.45) is 0 Å². The molecule has 0 spiro atoms. The van der Waals surface area contributed by atoms with Crippen LogP contribution < -0.4 is 9.47 Å². The van der Waals surface area contributed by atoms with Crippen LogP contribution in [-0.2, 0) is 17.6 Å². The second-order valence-electron chi connectivity index (χ2n) is 9.84. The van der Waals surface area contributed by atoms with E-state index in [-0.39, 0.29) is 23.8 Å². The lowest BCUT2D eigenvalue weighted by Gasteiger charge is -2.19. The zero-order valence-corrected chi connectivity index (χ0v) is 23.0. The number of rotatable bonds is 12. The molecule has 210 valence electrons. The molecule has 6 heteroatoms. The van der Waals surface area contributed by atoms with Crippen molar-refractivity contribution >= 4 is 27.5 Å². The number of carbonyl (C=O) groups excluding carboxylic acids is 1. The van der Waals surface area contributed by atoms with Crippen molar-refractivity contribution in [2.45, 2.75) is 32.6 Å². The summed E-state index contributed by atoms with van der Waals surface area (Å²) in [5, 5.41) is 3.70. The van der Waals surface area contributed by atoms with Gasteiger partial charge >= 0.3 is 5.97 Å². The summed E-state index contributed by atoms with van der Waals surface area (Å²) in [4.78, 5) is 13.4. The van der Waals surface area contributed by atoms with Crippen LogP contribution >= 0.6 is 0 Å². The first kappa shape index (κ1) is 28.1. The normalized spacial score (nSPS) is 11.1. The Morgan fingerprint density at radius 1 is 0.707 bits per heavy atom. The van der Waals surface area contributed by atoms with E-state index in [4.69, 9.17) is 14.2 Å². The maximum atomic E-state index is 13.4. The second-order valence-corrected chi connectivity index (χ2v) is 9.84. The molecule has 0 saturated carbocycles. The van der Waals surface area contributed by atoms with E-state index in [1.54, 1.807) is 31.2 Å². The van der Waals surface area contributed by atoms with Gasteiger partial charge in [-0.2, -0.15) is 0 Å². The molecule has 0 unspecified atom stereocenters. The molecule has 5 aromatic carbocycles. The summed E-state index contributed by atoms with van der Waals surface area (Å²) < 4.78 is 44.7. The fourth-order valence-electron chi connectivity index (χ4n) is 4.98. The van der Waals surface area contributed by atoms with Gasteiger partial charge in [-0.15, -0.1) is 0 Å². The lowest BCUT2D eigenvalue weighted by atomic mass is 9.97. The van der Waals surface area contributed by atoms with Gasteiger partial charge in [-0.3, -0.25) is 0 Å². The molecule has 5 rings (SSSR count). The molecule has 0 radical (unpaired) electrons. The Morgan fingerprint density at radius 3 is 1.93 bits per heavy atom. The smallest absolute Gasteiger partial charge is 0.345 e. The third kappa shape index (κ3) is 6.83. The summed E-state index contributed by atoms with van der Waals surface area (Å²) in [5.41, 5.74) is 2.28. The molecule has 0 N–H and O–H groups in total. The molecule has 0 aromatic heterocycles. The summed E-state index contributed by atoms with van der Waals surface area (Å²) in [6, 6.07) is 26.7. The zero-order valence-electron chi connectivity index (χ0n) is 23.0. The van der Waals surface area contributed by atoms with E-state index in [0.717, 1.165) is 32.7 Å². The number of halogens is 2. The van der Waals surface area contributed by atoms with Crippen LogP contribution in [-0.4, -0.2) is 25.8 Å². The van der Waals surface area contributed by atoms with Crippen LogP contribution in [0.3, 0.4) is 0 Å². The van der Waals surface area contributed by atoms with Crippen LogP contribution in [0.25, 0.3) is 21.5 Å². The molecular formula is C35H32F2O4. The molecular weight excluding hydrogens is 522 g/mol. The predicted octanol–water partition coefficient (Wildman–Crippen LogP) is 8.47. The maximum Gasteiger partial charge on any atom is 0.345 e. The molecule has 0 aliphatic carbocycles. The van der Waals surface area contributed by atoms with Crippen LogP contribution in [0.5, 0.6) is 11.5 Å². The fraction of sp³-hybridized carbons (Fsp3) is 0.229. The standard InChI is InChI=1S/C35H32F2O4/c1-2-39-35(38)33-31(40-21-5-7-24-11-17-28(36)18-12-24)23-27-16-15-26-9-3-4-10-30(26)32(27)34(33)41-22-6-8-25-13-19-29(37)20-14-25/h3-4,9-20,23H,2,5-8,21-22H2,1H3. The fourth-order valence-corrected chi connectivity index (χ4v) is 4.98. The SMILES string of the molecule is CCOC(=O)c1c(OCCCc2ccc(F)cc2)cc2ccc3ccccc3c2c1OCCCc1ccc(F)cc1. The summed E-state index contributed by atoms with van der Waals surface area (Å²) in [6.07, 6.45) is 2.76. The van der Waals surface area contributed by atoms with Crippen LogP contribution in [0.15, 0.2) is 91.0 Å². The second kappa shape index (κ2) is 13.3. The Labute approximate surface area is 238 Å². The lowest BCUT2D eigenvalue weighted by Crippen LogP contribution is -2.13. The van der Waals surface area contributed by atoms with Crippen molar-refractivity contribution in [1.82, 2.24) is 0 Å². The highest BCUT2D eigenvalue weighted by molar-refractivity contribution is 6.15. The van der Waals surface area contributed by atoms with E-state index in [1.165, 1.54) is 24.3 Å². The highest BCUT2D eigenvalue weighted by atomic mass is 19.1. The van der Waals surface area contributed by atoms with E-state index in [1.807, 2.05) is 42.5 Å². The van der Waals surface area contributed by atoms with E-state index in [0.29, 0.717) is 50.4 Å². The monoisotopic (exact) mass is 554 g/mol. The Bertz CT molecular complexity index is 1630. The van der Waals surface area contributed by atoms with Crippen molar-refractivity contribution in [2.75, 3.05) is 19.8 Å². The van der Waals surface area contributed by atoms with Crippen LogP contribution in [0.2, 0.25) is 0 Å². The first-order valence-electron chi connectivity index (χ1n) is 13.9. The van der Waals surface area contributed by atoms with Gasteiger partial charge < -0.3 is 14.2 Å². The minimum Gasteiger partial charge on any atom is -0.493 e. The van der Waals surface area contributed by atoms with Crippen molar-refractivity contribution in [1.29, 1.82) is 0 Å². The number of benzene rings is 5. The number of ether oxygens (including phenoxy) is 3. The van der Waals surface area contributed by atoms with Crippen molar-refractivity contribution in [3.05, 3.63) is 119 Å². The number of esters is 1. The average molecular weight is 555 g/mol. The van der Waals surface area contributed by atoms with Gasteiger partial charge in [-0.25, -0.2) is 13.6 Å². The number of hydrogen-bond acceptors (Lipinski definition) is 4. The Kier molecular flexibility index (Phi) is 9.09. The third-order valence-corrected chi connectivity index (χ3v) is 6.98. The van der Waals surface area contributed by atoms with E-state index in [2.05, 4.69) is 0 Å². The molecule has 0 amide bonds. The van der Waals surface area contributed by atoms with E-state index >= 15 is 0 Å². The zero-order chi connectivity index (χ0) is 28.6. The van der Waals surface area contributed by atoms with Crippen LogP contribution in [0.4, 0.5) is 8.78 Å². The topological polar surface area (TPSA) is 44.8 Å². The van der Waals surface area contributed by atoms with Crippen LogP contribution in [0, 0.1) is 11.6 Å². The van der Waals surface area contributed by atoms with Gasteiger partial charge in [-0.1, -0.05) is 60.7 Å². The lowest BCUT2D eigenvalue weighted by molar-refractivity contribution is 0.0517. The summed E-state index contributed by atoms with van der Waals surface area (Å²) in [5.74, 6) is -0.205. The average Bonchev–Trinajstić information content (AvgIpc) is 2.99. The molecule has 0 aliphatic rings. The van der Waals surface area contributed by atoms with Crippen molar-refractivity contribution in [3.63, 3.8) is 0 Å². The van der Waals surface area contributed by atoms with Gasteiger partial charge in [0.05, 0.1) is 19.8 Å². The first-order chi connectivity index (χ1) is 20.0. The molecule has 5 aromatic rings. The number of carbonyl (C=O) groups is 1. The Hall–Kier alpha value is -4.45. The molecule has 0 bridgehead atoms. The molecule has 4 nitrogen and oxygen atoms in total. The molecule has 0 fully saturated rings. The number of hydrogen-bond donors (Lipinski definition) is 0. The quantitative estimate of drug-likeness (QED) is 0.0882. The van der Waals surface area contributed by atoms with Gasteiger partial charge in [0.2, 0.25) is 0 Å². The third-order valence-electron chi connectivity index (χ3n) is 6.98. The minimum atomic E-state index is -0.510. The van der Waals surface area contributed by atoms with Gasteiger partial charge in [-0.05, 0) is 90.2 Å². The van der Waals surface area contributed by atoms with Crippen LogP contribution in [0.1, 0.15) is 41.3 Å². The van der Waals surface area contributed by atoms with E-state index in [9.17, 15) is 13.6 Å². The predicted molar refractivity (Wildman–Crippen MR) is 158 cm³/mol. The highest BCUT2D eigenvalue weighted by Gasteiger charge is 2.25. The molecule has 0 heterocycles. The highest BCUT2D eigenvalue weighted by Crippen LogP contribution is 2.41. The number of aryl methyl sites for hydroxylation is 2. The Morgan fingerprint density at radius 2 is 1.29 bits per heavy atom. The molecule has 0 saturated heterocycles. The number of fused-ring (bicyclic) bond motifs is 3. The van der Waals surface area contributed by atoms with E-state index < -0.39 is 5.97 Å². The maximum absolute atomic E-state index is 13.4.